The van der Waals surface area contributed by atoms with Crippen molar-refractivity contribution in [3.8, 4) is 5.75 Å². The van der Waals surface area contributed by atoms with Crippen molar-refractivity contribution in [3.63, 3.8) is 0 Å². The molecule has 0 spiro atoms. The van der Waals surface area contributed by atoms with Gasteiger partial charge in [-0.2, -0.15) is 0 Å². The SMILES string of the molecule is COc1ccc2ccccc2c1[C@@H](C1CCCCC1)N1CCNCC1.Cl.Cl. The molecule has 1 saturated carbocycles. The molecule has 0 amide bonds. The predicted octanol–water partition coefficient (Wildman–Crippen LogP) is 5.22. The standard InChI is InChI=1S/C22H30N2O.2ClH/c1-25-20-12-11-17-7-5-6-10-19(17)21(20)22(18-8-3-2-4-9-18)24-15-13-23-14-16-24;;/h5-7,10-12,18,22-23H,2-4,8-9,13-16H2,1H3;2*1H/t22-;;/m1../s1. The van der Waals surface area contributed by atoms with Crippen molar-refractivity contribution < 1.29 is 4.74 Å². The van der Waals surface area contributed by atoms with Crippen molar-refractivity contribution in [3.05, 3.63) is 42.0 Å². The molecule has 3 nitrogen and oxygen atoms in total. The minimum Gasteiger partial charge on any atom is -0.496 e. The number of nitrogens with one attached hydrogen (secondary N) is 1. The smallest absolute Gasteiger partial charge is 0.124 e. The van der Waals surface area contributed by atoms with Crippen molar-refractivity contribution in [1.29, 1.82) is 0 Å². The number of benzene rings is 2. The van der Waals surface area contributed by atoms with Crippen LogP contribution >= 0.6 is 24.8 Å². The van der Waals surface area contributed by atoms with Gasteiger partial charge < -0.3 is 10.1 Å². The first-order chi connectivity index (χ1) is 12.4. The number of methoxy groups -OCH3 is 1. The van der Waals surface area contributed by atoms with Gasteiger partial charge in [-0.1, -0.05) is 49.6 Å². The molecule has 1 heterocycles. The van der Waals surface area contributed by atoms with Crippen molar-refractivity contribution in [2.24, 2.45) is 5.92 Å². The lowest BCUT2D eigenvalue weighted by Gasteiger charge is -2.42. The Morgan fingerprint density at radius 1 is 0.963 bits per heavy atom. The van der Waals surface area contributed by atoms with Gasteiger partial charge in [-0.15, -0.1) is 24.8 Å². The molecule has 4 rings (SSSR count). The zero-order valence-electron chi connectivity index (χ0n) is 16.2. The summed E-state index contributed by atoms with van der Waals surface area (Å²) < 4.78 is 5.87. The van der Waals surface area contributed by atoms with Gasteiger partial charge in [-0.05, 0) is 35.6 Å². The zero-order valence-corrected chi connectivity index (χ0v) is 17.8. The normalized spacial score (nSPS) is 19.7. The Balaban J connectivity index is 0.00000131. The van der Waals surface area contributed by atoms with Crippen LogP contribution in [0.1, 0.15) is 43.7 Å². The van der Waals surface area contributed by atoms with E-state index in [0.717, 1.165) is 37.8 Å². The highest BCUT2D eigenvalue weighted by molar-refractivity contribution is 5.88. The van der Waals surface area contributed by atoms with E-state index in [4.69, 9.17) is 4.74 Å². The highest BCUT2D eigenvalue weighted by atomic mass is 35.5. The molecule has 1 atom stereocenters. The third-order valence-corrected chi connectivity index (χ3v) is 6.09. The minimum absolute atomic E-state index is 0. The van der Waals surface area contributed by atoms with Gasteiger partial charge in [-0.25, -0.2) is 0 Å². The van der Waals surface area contributed by atoms with Crippen molar-refractivity contribution >= 4 is 35.6 Å². The minimum atomic E-state index is 0. The van der Waals surface area contributed by atoms with Crippen LogP contribution in [-0.4, -0.2) is 38.2 Å². The Morgan fingerprint density at radius 2 is 1.67 bits per heavy atom. The fourth-order valence-corrected chi connectivity index (χ4v) is 4.89. The summed E-state index contributed by atoms with van der Waals surface area (Å²) in [5.74, 6) is 1.80. The van der Waals surface area contributed by atoms with E-state index in [1.54, 1.807) is 0 Å². The number of fused-ring (bicyclic) bond motifs is 1. The first-order valence-corrected chi connectivity index (χ1v) is 9.89. The van der Waals surface area contributed by atoms with Gasteiger partial charge in [0.05, 0.1) is 7.11 Å². The summed E-state index contributed by atoms with van der Waals surface area (Å²) in [4.78, 5) is 2.72. The molecule has 0 bridgehead atoms. The van der Waals surface area contributed by atoms with Crippen LogP contribution in [0, 0.1) is 5.92 Å². The van der Waals surface area contributed by atoms with Crippen molar-refractivity contribution in [2.75, 3.05) is 33.3 Å². The monoisotopic (exact) mass is 410 g/mol. The Morgan fingerprint density at radius 3 is 2.37 bits per heavy atom. The number of rotatable bonds is 4. The van der Waals surface area contributed by atoms with Gasteiger partial charge in [0.25, 0.3) is 0 Å². The van der Waals surface area contributed by atoms with Crippen molar-refractivity contribution in [1.82, 2.24) is 10.2 Å². The quantitative estimate of drug-likeness (QED) is 0.747. The number of hydrogen-bond acceptors (Lipinski definition) is 3. The highest BCUT2D eigenvalue weighted by Crippen LogP contribution is 2.44. The van der Waals surface area contributed by atoms with E-state index in [2.05, 4.69) is 46.6 Å². The summed E-state index contributed by atoms with van der Waals surface area (Å²) in [5, 5.41) is 6.22. The molecule has 150 valence electrons. The molecule has 0 radical (unpaired) electrons. The molecule has 1 N–H and O–H groups in total. The summed E-state index contributed by atoms with van der Waals surface area (Å²) in [5.41, 5.74) is 1.43. The third-order valence-electron chi connectivity index (χ3n) is 6.09. The second kappa shape index (κ2) is 10.5. The fraction of sp³-hybridized carbons (Fsp3) is 0.545. The lowest BCUT2D eigenvalue weighted by atomic mass is 9.78. The van der Waals surface area contributed by atoms with E-state index < -0.39 is 0 Å². The average Bonchev–Trinajstić information content (AvgIpc) is 2.70. The largest absolute Gasteiger partial charge is 0.496 e. The Hall–Kier alpha value is -1.00. The maximum absolute atomic E-state index is 5.87. The number of ether oxygens (including phenoxy) is 1. The van der Waals surface area contributed by atoms with Gasteiger partial charge >= 0.3 is 0 Å². The molecule has 5 heteroatoms. The Bertz CT molecular complexity index is 695. The third kappa shape index (κ3) is 4.71. The second-order valence-electron chi connectivity index (χ2n) is 7.53. The first kappa shape index (κ1) is 22.3. The molecule has 0 aromatic heterocycles. The summed E-state index contributed by atoms with van der Waals surface area (Å²) in [6.07, 6.45) is 6.85. The van der Waals surface area contributed by atoms with Crippen LogP contribution < -0.4 is 10.1 Å². The summed E-state index contributed by atoms with van der Waals surface area (Å²) >= 11 is 0. The maximum atomic E-state index is 5.87. The molecule has 2 aromatic rings. The van der Waals surface area contributed by atoms with E-state index >= 15 is 0 Å². The van der Waals surface area contributed by atoms with E-state index in [1.807, 2.05) is 7.11 Å². The molecular formula is C22H32Cl2N2O. The average molecular weight is 411 g/mol. The molecule has 1 aliphatic heterocycles. The summed E-state index contributed by atoms with van der Waals surface area (Å²) in [6.45, 7) is 4.45. The molecule has 0 unspecified atom stereocenters. The predicted molar refractivity (Wildman–Crippen MR) is 119 cm³/mol. The molecule has 2 fully saturated rings. The van der Waals surface area contributed by atoms with Crippen LogP contribution in [0.2, 0.25) is 0 Å². The number of nitrogens with zero attached hydrogens (tertiary/aromatic N) is 1. The van der Waals surface area contributed by atoms with Crippen LogP contribution in [0.4, 0.5) is 0 Å². The zero-order chi connectivity index (χ0) is 17.1. The number of halogens is 2. The van der Waals surface area contributed by atoms with E-state index in [1.165, 1.54) is 48.4 Å². The molecule has 2 aromatic carbocycles. The first-order valence-electron chi connectivity index (χ1n) is 9.89. The molecule has 2 aliphatic rings. The second-order valence-corrected chi connectivity index (χ2v) is 7.53. The Kier molecular flexibility index (Phi) is 8.68. The topological polar surface area (TPSA) is 24.5 Å². The van der Waals surface area contributed by atoms with Gasteiger partial charge in [0, 0.05) is 37.8 Å². The highest BCUT2D eigenvalue weighted by Gasteiger charge is 2.33. The van der Waals surface area contributed by atoms with Crippen LogP contribution in [0.25, 0.3) is 10.8 Å². The number of hydrogen-bond donors (Lipinski definition) is 1. The van der Waals surface area contributed by atoms with E-state index in [9.17, 15) is 0 Å². The van der Waals surface area contributed by atoms with Crippen LogP contribution in [0.5, 0.6) is 5.75 Å². The molecule has 1 aliphatic carbocycles. The summed E-state index contributed by atoms with van der Waals surface area (Å²) in [7, 11) is 1.82. The van der Waals surface area contributed by atoms with Gasteiger partial charge in [-0.3, -0.25) is 4.90 Å². The van der Waals surface area contributed by atoms with E-state index in [0.29, 0.717) is 6.04 Å². The Labute approximate surface area is 175 Å². The van der Waals surface area contributed by atoms with Crippen LogP contribution in [-0.2, 0) is 0 Å². The van der Waals surface area contributed by atoms with Crippen molar-refractivity contribution in [2.45, 2.75) is 38.1 Å². The maximum Gasteiger partial charge on any atom is 0.124 e. The molecular weight excluding hydrogens is 379 g/mol. The molecule has 27 heavy (non-hydrogen) atoms. The van der Waals surface area contributed by atoms with Crippen LogP contribution in [0.3, 0.4) is 0 Å². The lowest BCUT2D eigenvalue weighted by Crippen LogP contribution is -2.47. The lowest BCUT2D eigenvalue weighted by molar-refractivity contribution is 0.102. The fourth-order valence-electron chi connectivity index (χ4n) is 4.89. The van der Waals surface area contributed by atoms with Crippen LogP contribution in [0.15, 0.2) is 36.4 Å². The van der Waals surface area contributed by atoms with Gasteiger partial charge in [0.1, 0.15) is 5.75 Å². The van der Waals surface area contributed by atoms with Gasteiger partial charge in [0.15, 0.2) is 0 Å². The molecule has 1 saturated heterocycles. The number of piperazine rings is 1. The van der Waals surface area contributed by atoms with Gasteiger partial charge in [0.2, 0.25) is 0 Å². The summed E-state index contributed by atoms with van der Waals surface area (Å²) in [6, 6.07) is 13.7. The van der Waals surface area contributed by atoms with E-state index in [-0.39, 0.29) is 24.8 Å².